The summed E-state index contributed by atoms with van der Waals surface area (Å²) in [5.41, 5.74) is -0.533. The number of fused-ring (bicyclic) bond motifs is 1. The van der Waals surface area contributed by atoms with E-state index in [1.165, 1.54) is 4.57 Å². The van der Waals surface area contributed by atoms with Gasteiger partial charge in [0.25, 0.3) is 5.56 Å². The van der Waals surface area contributed by atoms with Crippen LogP contribution in [-0.2, 0) is 22.7 Å². The smallest absolute Gasteiger partial charge is 1.00 e. The predicted molar refractivity (Wildman–Crippen MR) is 85.2 cm³/mol. The molecule has 0 bridgehead atoms. The van der Waals surface area contributed by atoms with Crippen LogP contribution in [0.5, 0.6) is 0 Å². The van der Waals surface area contributed by atoms with E-state index in [4.69, 9.17) is 14.5 Å². The van der Waals surface area contributed by atoms with E-state index >= 15 is 0 Å². The summed E-state index contributed by atoms with van der Waals surface area (Å²) in [7, 11) is -10.5. The number of hydrogen-bond acceptors (Lipinski definition) is 10. The molecule has 3 heterocycles. The topological polar surface area (TPSA) is 227 Å². The summed E-state index contributed by atoms with van der Waals surface area (Å²) < 4.78 is 36.6. The third-order valence-corrected chi connectivity index (χ3v) is 5.74. The van der Waals surface area contributed by atoms with Crippen LogP contribution in [0, 0.1) is 0 Å². The quantitative estimate of drug-likeness (QED) is 0.168. The van der Waals surface area contributed by atoms with Crippen molar-refractivity contribution in [2.24, 2.45) is 0 Å². The molecule has 2 aromatic heterocycles. The molecule has 0 aromatic carbocycles. The summed E-state index contributed by atoms with van der Waals surface area (Å²) in [5.74, 6) is 0. The van der Waals surface area contributed by atoms with E-state index in [0.29, 0.717) is 0 Å². The Balaban J connectivity index is 0. The van der Waals surface area contributed by atoms with Crippen LogP contribution in [0.3, 0.4) is 0 Å². The molecule has 15 nitrogen and oxygen atoms in total. The number of rotatable bonds is 6. The van der Waals surface area contributed by atoms with Crippen LogP contribution < -0.4 is 64.7 Å². The first-order valence-corrected chi connectivity index (χ1v) is 10.2. The molecular weight excluding hydrogens is 460 g/mol. The Morgan fingerprint density at radius 1 is 1.21 bits per heavy atom. The van der Waals surface area contributed by atoms with Crippen LogP contribution in [0.2, 0.25) is 0 Å². The molecule has 3 rings (SSSR count). The van der Waals surface area contributed by atoms with Crippen LogP contribution in [0.1, 0.15) is 9.08 Å². The average Bonchev–Trinajstić information content (AvgIpc) is 3.07. The molecule has 1 aliphatic rings. The number of aliphatic hydroxyl groups is 2. The minimum Gasteiger partial charge on any atom is -1.00 e. The predicted octanol–water partition coefficient (Wildman–Crippen LogP) is -7.80. The fourth-order valence-corrected chi connectivity index (χ4v) is 4.07. The number of H-pyrrole nitrogens is 1. The summed E-state index contributed by atoms with van der Waals surface area (Å²) in [6.45, 7) is -0.844. The molecule has 19 heteroatoms. The van der Waals surface area contributed by atoms with Gasteiger partial charge < -0.3 is 37.5 Å². The van der Waals surface area contributed by atoms with E-state index in [1.54, 1.807) is 0 Å². The number of aliphatic hydroxyl groups excluding tert-OH is 2. The summed E-state index contributed by atoms with van der Waals surface area (Å²) in [4.78, 5) is 48.0. The number of nitrogens with zero attached hydrogens (tertiary/aromatic N) is 3. The molecule has 6 N–H and O–H groups in total. The normalized spacial score (nSPS) is 26.5. The first-order chi connectivity index (χ1) is 12.5. The van der Waals surface area contributed by atoms with Gasteiger partial charge in [-0.25, -0.2) is 19.1 Å². The summed E-state index contributed by atoms with van der Waals surface area (Å²) >= 11 is 0. The molecular formula is C10H16N4Na2O11P2. The van der Waals surface area contributed by atoms with Gasteiger partial charge in [0.2, 0.25) is 0 Å². The van der Waals surface area contributed by atoms with Gasteiger partial charge in [0.1, 0.15) is 18.3 Å². The molecule has 0 radical (unpaired) electrons. The summed E-state index contributed by atoms with van der Waals surface area (Å²) in [6.07, 6.45) is -3.56. The number of hydrogen-bond donors (Lipinski definition) is 6. The van der Waals surface area contributed by atoms with Crippen LogP contribution in [-0.4, -0.2) is 69.3 Å². The van der Waals surface area contributed by atoms with E-state index < -0.39 is 52.4 Å². The maximum absolute atomic E-state index is 11.7. The fraction of sp³-hybridized carbons (Fsp3) is 0.500. The number of imidazole rings is 1. The molecule has 5 atom stereocenters. The Morgan fingerprint density at radius 2 is 1.86 bits per heavy atom. The van der Waals surface area contributed by atoms with Gasteiger partial charge in [0.15, 0.2) is 17.4 Å². The van der Waals surface area contributed by atoms with E-state index in [0.717, 1.165) is 12.7 Å². The zero-order chi connectivity index (χ0) is 20.0. The van der Waals surface area contributed by atoms with Crippen molar-refractivity contribution in [1.82, 2.24) is 19.5 Å². The first kappa shape index (κ1) is 27.5. The minimum atomic E-state index is -5.30. The van der Waals surface area contributed by atoms with Gasteiger partial charge in [0.05, 0.1) is 19.3 Å². The van der Waals surface area contributed by atoms with Crippen LogP contribution in [0.25, 0.3) is 11.2 Å². The van der Waals surface area contributed by atoms with E-state index in [2.05, 4.69) is 23.8 Å². The van der Waals surface area contributed by atoms with Crippen LogP contribution in [0.4, 0.5) is 0 Å². The van der Waals surface area contributed by atoms with Gasteiger partial charge in [-0.05, 0) is 0 Å². The zero-order valence-corrected chi connectivity index (χ0v) is 20.9. The summed E-state index contributed by atoms with van der Waals surface area (Å²) in [6, 6.07) is 0. The Bertz CT molecular complexity index is 1010. The molecule has 0 aliphatic carbocycles. The molecule has 154 valence electrons. The first-order valence-electron chi connectivity index (χ1n) is 7.14. The maximum atomic E-state index is 11.7. The van der Waals surface area contributed by atoms with Crippen LogP contribution in [0.15, 0.2) is 17.4 Å². The van der Waals surface area contributed by atoms with E-state index in [-0.39, 0.29) is 73.1 Å². The summed E-state index contributed by atoms with van der Waals surface area (Å²) in [5, 5.41) is 20.2. The van der Waals surface area contributed by atoms with Gasteiger partial charge in [-0.1, -0.05) is 0 Å². The monoisotopic (exact) mass is 476 g/mol. The molecule has 29 heavy (non-hydrogen) atoms. The van der Waals surface area contributed by atoms with Crippen LogP contribution >= 0.6 is 15.6 Å². The van der Waals surface area contributed by atoms with Gasteiger partial charge in [-0.3, -0.25) is 13.9 Å². The van der Waals surface area contributed by atoms with Crippen molar-refractivity contribution in [3.63, 3.8) is 0 Å². The standard InChI is InChI=1S/C10H14N4O11P2.2Na.2H/c15-6-4(1-23-27(21,22)25-26(18,19)20)24-10(7(6)16)14-3-13-5-8(14)11-2-12-9(5)17;;;;/h2-4,6-7,10,15-16H,1H2,(H,21,22)(H,11,12,17)(H2,18,19,20);;;;/q;2*+1;2*-1/t4-,6-,7-,10-;;;;/m1..../s1. The average molecular weight is 476 g/mol. The molecule has 1 aliphatic heterocycles. The van der Waals surface area contributed by atoms with Crippen molar-refractivity contribution in [3.8, 4) is 0 Å². The van der Waals surface area contributed by atoms with Crippen molar-refractivity contribution >= 4 is 26.8 Å². The molecule has 2 aromatic rings. The molecule has 0 amide bonds. The van der Waals surface area contributed by atoms with Crippen molar-refractivity contribution in [2.45, 2.75) is 24.5 Å². The minimum absolute atomic E-state index is 0. The Hall–Kier alpha value is 0.490. The van der Waals surface area contributed by atoms with Gasteiger partial charge in [-0.15, -0.1) is 0 Å². The number of nitrogens with one attached hydrogen (secondary N) is 1. The van der Waals surface area contributed by atoms with Gasteiger partial charge in [-0.2, -0.15) is 4.31 Å². The maximum Gasteiger partial charge on any atom is 1.00 e. The Labute approximate surface area is 208 Å². The van der Waals surface area contributed by atoms with Crippen molar-refractivity contribution in [3.05, 3.63) is 23.0 Å². The molecule has 1 fully saturated rings. The third-order valence-electron chi connectivity index (χ3n) is 3.59. The zero-order valence-electron chi connectivity index (χ0n) is 17.1. The molecule has 0 spiro atoms. The van der Waals surface area contributed by atoms with Crippen molar-refractivity contribution < 1.29 is 110 Å². The Kier molecular flexibility index (Phi) is 9.87. The second-order valence-corrected chi connectivity index (χ2v) is 8.27. The SMILES string of the molecule is O=c1[nH]cnc2c1ncn2[C@@H]1O[C@H](COP(=O)(O)OP(=O)(O)O)[C@@H](O)[C@H]1O.[H-].[H-].[Na+].[Na+]. The number of aromatic nitrogens is 4. The Morgan fingerprint density at radius 3 is 2.48 bits per heavy atom. The largest absolute Gasteiger partial charge is 1.00 e. The molecule has 1 saturated heterocycles. The second-order valence-electron chi connectivity index (χ2n) is 5.44. The molecule has 1 unspecified atom stereocenters. The number of phosphoric ester groups is 1. The van der Waals surface area contributed by atoms with E-state index in [9.17, 15) is 29.0 Å². The second kappa shape index (κ2) is 10.4. The fourth-order valence-electron chi connectivity index (χ4n) is 2.47. The van der Waals surface area contributed by atoms with E-state index in [1.807, 2.05) is 0 Å². The number of ether oxygens (including phenoxy) is 1. The molecule has 0 saturated carbocycles. The number of phosphoric acid groups is 2. The van der Waals surface area contributed by atoms with Crippen molar-refractivity contribution in [2.75, 3.05) is 6.61 Å². The van der Waals surface area contributed by atoms with Crippen molar-refractivity contribution in [1.29, 1.82) is 0 Å². The van der Waals surface area contributed by atoms with Gasteiger partial charge >= 0.3 is 74.8 Å². The third kappa shape index (κ3) is 6.49. The van der Waals surface area contributed by atoms with Gasteiger partial charge in [0, 0.05) is 0 Å². The number of aromatic amines is 1.